The molecule has 0 atom stereocenters. The number of amides is 1. The van der Waals surface area contributed by atoms with Gasteiger partial charge in [0.05, 0.1) is 4.90 Å². The molecule has 1 N–H and O–H groups in total. The minimum Gasteiger partial charge on any atom is -0.339 e. The highest BCUT2D eigenvalue weighted by Crippen LogP contribution is 2.19. The first-order chi connectivity index (χ1) is 10.0. The standard InChI is InChI=1S/C16H26N2O3S/c1-7-18(8-2)15(19)14-11-13(10-9-12(14)3)22(20,21)17-16(4,5)6/h9-11,17H,7-8H2,1-6H3. The van der Waals surface area contributed by atoms with E-state index >= 15 is 0 Å². The van der Waals surface area contributed by atoms with Crippen molar-refractivity contribution in [2.75, 3.05) is 13.1 Å². The van der Waals surface area contributed by atoms with Crippen molar-refractivity contribution in [1.82, 2.24) is 9.62 Å². The monoisotopic (exact) mass is 326 g/mol. The largest absolute Gasteiger partial charge is 0.339 e. The van der Waals surface area contributed by atoms with Gasteiger partial charge < -0.3 is 4.90 Å². The van der Waals surface area contributed by atoms with Crippen molar-refractivity contribution in [3.05, 3.63) is 29.3 Å². The zero-order valence-electron chi connectivity index (χ0n) is 14.2. The summed E-state index contributed by atoms with van der Waals surface area (Å²) in [5, 5.41) is 0. The molecule has 0 saturated carbocycles. The lowest BCUT2D eigenvalue weighted by Gasteiger charge is -2.22. The maximum Gasteiger partial charge on any atom is 0.254 e. The lowest BCUT2D eigenvalue weighted by atomic mass is 10.1. The number of sulfonamides is 1. The molecule has 0 aliphatic heterocycles. The molecule has 22 heavy (non-hydrogen) atoms. The van der Waals surface area contributed by atoms with Crippen LogP contribution >= 0.6 is 0 Å². The fraction of sp³-hybridized carbons (Fsp3) is 0.562. The van der Waals surface area contributed by atoms with Gasteiger partial charge in [-0.15, -0.1) is 0 Å². The van der Waals surface area contributed by atoms with Crippen LogP contribution in [0.2, 0.25) is 0 Å². The third kappa shape index (κ3) is 4.55. The first-order valence-electron chi connectivity index (χ1n) is 7.45. The van der Waals surface area contributed by atoms with Gasteiger partial charge >= 0.3 is 0 Å². The second kappa shape index (κ2) is 6.79. The van der Waals surface area contributed by atoms with Crippen LogP contribution in [0, 0.1) is 6.92 Å². The molecular weight excluding hydrogens is 300 g/mol. The van der Waals surface area contributed by atoms with E-state index in [1.807, 2.05) is 20.8 Å². The lowest BCUT2D eigenvalue weighted by molar-refractivity contribution is 0.0772. The highest BCUT2D eigenvalue weighted by Gasteiger charge is 2.24. The van der Waals surface area contributed by atoms with Crippen LogP contribution in [-0.2, 0) is 10.0 Å². The van der Waals surface area contributed by atoms with Gasteiger partial charge in [0.25, 0.3) is 5.91 Å². The summed E-state index contributed by atoms with van der Waals surface area (Å²) in [5.74, 6) is -0.143. The van der Waals surface area contributed by atoms with Crippen LogP contribution in [0.3, 0.4) is 0 Å². The van der Waals surface area contributed by atoms with Crippen molar-refractivity contribution >= 4 is 15.9 Å². The first kappa shape index (κ1) is 18.6. The Bertz CT molecular complexity index is 642. The van der Waals surface area contributed by atoms with E-state index < -0.39 is 15.6 Å². The Morgan fingerprint density at radius 2 is 1.73 bits per heavy atom. The highest BCUT2D eigenvalue weighted by atomic mass is 32.2. The first-order valence-corrected chi connectivity index (χ1v) is 8.94. The molecule has 0 aliphatic rings. The van der Waals surface area contributed by atoms with E-state index in [0.29, 0.717) is 18.7 Å². The topological polar surface area (TPSA) is 66.5 Å². The molecule has 1 amide bonds. The quantitative estimate of drug-likeness (QED) is 0.904. The van der Waals surface area contributed by atoms with Crippen LogP contribution in [0.1, 0.15) is 50.5 Å². The number of carbonyl (C=O) groups excluding carboxylic acids is 1. The summed E-state index contributed by atoms with van der Waals surface area (Å²) in [6.07, 6.45) is 0. The average molecular weight is 326 g/mol. The SMILES string of the molecule is CCN(CC)C(=O)c1cc(S(=O)(=O)NC(C)(C)C)ccc1C. The van der Waals surface area contributed by atoms with Crippen LogP contribution in [0.25, 0.3) is 0 Å². The van der Waals surface area contributed by atoms with E-state index in [4.69, 9.17) is 0 Å². The molecule has 0 saturated heterocycles. The van der Waals surface area contributed by atoms with E-state index in [0.717, 1.165) is 5.56 Å². The summed E-state index contributed by atoms with van der Waals surface area (Å²) in [5.41, 5.74) is 0.624. The molecule has 6 heteroatoms. The van der Waals surface area contributed by atoms with Crippen molar-refractivity contribution in [3.8, 4) is 0 Å². The molecule has 0 heterocycles. The van der Waals surface area contributed by atoms with Gasteiger partial charge in [0, 0.05) is 24.2 Å². The molecule has 1 aromatic carbocycles. The number of nitrogens with zero attached hydrogens (tertiary/aromatic N) is 1. The van der Waals surface area contributed by atoms with Crippen LogP contribution in [0.4, 0.5) is 0 Å². The van der Waals surface area contributed by atoms with Crippen molar-refractivity contribution in [2.45, 2.75) is 52.0 Å². The van der Waals surface area contributed by atoms with Crippen LogP contribution in [0.5, 0.6) is 0 Å². The Kier molecular flexibility index (Phi) is 5.76. The normalized spacial score (nSPS) is 12.3. The zero-order chi connectivity index (χ0) is 17.1. The second-order valence-corrected chi connectivity index (χ2v) is 7.99. The molecule has 1 rings (SSSR count). The van der Waals surface area contributed by atoms with Crippen molar-refractivity contribution in [1.29, 1.82) is 0 Å². The Hall–Kier alpha value is -1.40. The fourth-order valence-corrected chi connectivity index (χ4v) is 3.59. The minimum absolute atomic E-state index is 0.114. The third-order valence-corrected chi connectivity index (χ3v) is 5.00. The zero-order valence-corrected chi connectivity index (χ0v) is 15.0. The average Bonchev–Trinajstić information content (AvgIpc) is 2.37. The summed E-state index contributed by atoms with van der Waals surface area (Å²) in [7, 11) is -3.65. The molecular formula is C16H26N2O3S. The number of benzene rings is 1. The summed E-state index contributed by atoms with van der Waals surface area (Å²) in [4.78, 5) is 14.3. The molecule has 0 unspecified atom stereocenters. The molecule has 124 valence electrons. The number of nitrogens with one attached hydrogen (secondary N) is 1. The van der Waals surface area contributed by atoms with Gasteiger partial charge in [0.15, 0.2) is 0 Å². The molecule has 0 spiro atoms. The van der Waals surface area contributed by atoms with E-state index in [1.54, 1.807) is 31.7 Å². The van der Waals surface area contributed by atoms with Crippen LogP contribution in [-0.4, -0.2) is 37.9 Å². The van der Waals surface area contributed by atoms with Crippen LogP contribution in [0.15, 0.2) is 23.1 Å². The minimum atomic E-state index is -3.65. The Balaban J connectivity index is 3.28. The van der Waals surface area contributed by atoms with Gasteiger partial charge in [-0.3, -0.25) is 4.79 Å². The summed E-state index contributed by atoms with van der Waals surface area (Å²) >= 11 is 0. The predicted octanol–water partition coefficient (Wildman–Crippen LogP) is 2.55. The Labute approximate surface area is 133 Å². The number of hydrogen-bond acceptors (Lipinski definition) is 3. The Morgan fingerprint density at radius 3 is 2.18 bits per heavy atom. The molecule has 0 radical (unpaired) electrons. The summed E-state index contributed by atoms with van der Waals surface area (Å²) in [6, 6.07) is 4.67. The van der Waals surface area contributed by atoms with Gasteiger partial charge in [-0.1, -0.05) is 6.07 Å². The molecule has 0 bridgehead atoms. The predicted molar refractivity (Wildman–Crippen MR) is 88.5 cm³/mol. The van der Waals surface area contributed by atoms with Gasteiger partial charge in [0.2, 0.25) is 10.0 Å². The maximum atomic E-state index is 12.5. The van der Waals surface area contributed by atoms with Crippen molar-refractivity contribution in [3.63, 3.8) is 0 Å². The number of aryl methyl sites for hydroxylation is 1. The van der Waals surface area contributed by atoms with Gasteiger partial charge in [-0.2, -0.15) is 0 Å². The van der Waals surface area contributed by atoms with Gasteiger partial charge in [-0.25, -0.2) is 13.1 Å². The number of rotatable bonds is 5. The molecule has 5 nitrogen and oxygen atoms in total. The van der Waals surface area contributed by atoms with E-state index in [1.165, 1.54) is 12.1 Å². The van der Waals surface area contributed by atoms with E-state index in [9.17, 15) is 13.2 Å². The smallest absolute Gasteiger partial charge is 0.254 e. The van der Waals surface area contributed by atoms with E-state index in [-0.39, 0.29) is 10.8 Å². The highest BCUT2D eigenvalue weighted by molar-refractivity contribution is 7.89. The third-order valence-electron chi connectivity index (χ3n) is 3.24. The summed E-state index contributed by atoms with van der Waals surface area (Å²) in [6.45, 7) is 12.1. The Morgan fingerprint density at radius 1 is 1.18 bits per heavy atom. The van der Waals surface area contributed by atoms with E-state index in [2.05, 4.69) is 4.72 Å². The maximum absolute atomic E-state index is 12.5. The van der Waals surface area contributed by atoms with Gasteiger partial charge in [0.1, 0.15) is 0 Å². The number of carbonyl (C=O) groups is 1. The fourth-order valence-electron chi connectivity index (χ4n) is 2.14. The number of hydrogen-bond donors (Lipinski definition) is 1. The van der Waals surface area contributed by atoms with Crippen molar-refractivity contribution < 1.29 is 13.2 Å². The lowest BCUT2D eigenvalue weighted by Crippen LogP contribution is -2.40. The molecule has 0 fully saturated rings. The molecule has 0 aliphatic carbocycles. The van der Waals surface area contributed by atoms with Crippen molar-refractivity contribution in [2.24, 2.45) is 0 Å². The van der Waals surface area contributed by atoms with Crippen LogP contribution < -0.4 is 4.72 Å². The summed E-state index contributed by atoms with van der Waals surface area (Å²) < 4.78 is 27.4. The molecule has 0 aromatic heterocycles. The molecule has 1 aromatic rings. The van der Waals surface area contributed by atoms with Gasteiger partial charge in [-0.05, 0) is 59.2 Å². The second-order valence-electron chi connectivity index (χ2n) is 6.31.